The van der Waals surface area contributed by atoms with E-state index in [1.807, 2.05) is 0 Å². The molecule has 0 fully saturated rings. The molecule has 0 bridgehead atoms. The standard InChI is InChI=1S/C21H20N2.2CH4.2HI/c1-3-12-20-18(8-1)10-5-14-22(20)16-7-17-23-15-6-11-19-9-2-4-13-21(19)23;;;;/h1-6,8-15H,7,16-17H2;2*1H4;2*1H/q+2;;;;/p-2. The second-order valence-corrected chi connectivity index (χ2v) is 5.87. The number of benzene rings is 2. The molecule has 0 aliphatic carbocycles. The fourth-order valence-corrected chi connectivity index (χ4v) is 3.24. The van der Waals surface area contributed by atoms with Crippen LogP contribution in [0.3, 0.4) is 0 Å². The summed E-state index contributed by atoms with van der Waals surface area (Å²) in [5, 5.41) is 2.60. The number of fused-ring (bicyclic) bond motifs is 2. The molecule has 2 nitrogen and oxygen atoms in total. The lowest BCUT2D eigenvalue weighted by atomic mass is 10.2. The summed E-state index contributed by atoms with van der Waals surface area (Å²) in [5.41, 5.74) is 2.61. The molecule has 4 aromatic rings. The van der Waals surface area contributed by atoms with Crippen molar-refractivity contribution >= 4 is 21.8 Å². The molecule has 0 aliphatic heterocycles. The molecular formula is C23H28I2N2. The fraction of sp³-hybridized carbons (Fsp3) is 0.217. The topological polar surface area (TPSA) is 7.76 Å². The minimum absolute atomic E-state index is 0. The molecule has 0 saturated heterocycles. The van der Waals surface area contributed by atoms with E-state index in [1.165, 1.54) is 21.8 Å². The first-order valence-electron chi connectivity index (χ1n) is 8.16. The summed E-state index contributed by atoms with van der Waals surface area (Å²) in [7, 11) is 0. The van der Waals surface area contributed by atoms with Crippen LogP contribution in [0.4, 0.5) is 0 Å². The van der Waals surface area contributed by atoms with Crippen molar-refractivity contribution in [1.29, 1.82) is 0 Å². The summed E-state index contributed by atoms with van der Waals surface area (Å²) in [6.07, 6.45) is 5.46. The van der Waals surface area contributed by atoms with E-state index in [-0.39, 0.29) is 62.8 Å². The van der Waals surface area contributed by atoms with E-state index in [0.29, 0.717) is 0 Å². The van der Waals surface area contributed by atoms with E-state index >= 15 is 0 Å². The van der Waals surface area contributed by atoms with E-state index in [9.17, 15) is 0 Å². The first-order valence-corrected chi connectivity index (χ1v) is 8.16. The van der Waals surface area contributed by atoms with Crippen molar-refractivity contribution in [1.82, 2.24) is 0 Å². The molecule has 4 rings (SSSR count). The van der Waals surface area contributed by atoms with Gasteiger partial charge in [0.2, 0.25) is 11.0 Å². The van der Waals surface area contributed by atoms with Gasteiger partial charge in [-0.1, -0.05) is 39.1 Å². The zero-order chi connectivity index (χ0) is 15.5. The first kappa shape index (κ1) is 25.7. The van der Waals surface area contributed by atoms with Crippen LogP contribution in [-0.4, -0.2) is 0 Å². The largest absolute Gasteiger partial charge is 1.00 e. The van der Waals surface area contributed by atoms with Crippen molar-refractivity contribution in [3.05, 3.63) is 85.2 Å². The molecule has 0 saturated carbocycles. The molecule has 2 aromatic heterocycles. The molecule has 2 aromatic carbocycles. The molecule has 0 atom stereocenters. The fourth-order valence-electron chi connectivity index (χ4n) is 3.24. The Morgan fingerprint density at radius 3 is 1.33 bits per heavy atom. The Balaban J connectivity index is 0.00000169. The summed E-state index contributed by atoms with van der Waals surface area (Å²) in [6, 6.07) is 25.8. The Hall–Kier alpha value is -1.28. The van der Waals surface area contributed by atoms with E-state index in [4.69, 9.17) is 0 Å². The SMILES string of the molecule is C.C.[I-].[I-].c1ccc2c(c1)ccc[n+]2CCC[n+]1cccc2ccccc21. The van der Waals surface area contributed by atoms with Gasteiger partial charge in [-0.15, -0.1) is 0 Å². The molecular weight excluding hydrogens is 558 g/mol. The average Bonchev–Trinajstić information content (AvgIpc) is 2.62. The van der Waals surface area contributed by atoms with E-state index in [0.717, 1.165) is 19.5 Å². The van der Waals surface area contributed by atoms with E-state index < -0.39 is 0 Å². The van der Waals surface area contributed by atoms with Crippen LogP contribution in [0.1, 0.15) is 21.3 Å². The van der Waals surface area contributed by atoms with Crippen molar-refractivity contribution in [3.8, 4) is 0 Å². The summed E-state index contributed by atoms with van der Waals surface area (Å²) >= 11 is 0. The van der Waals surface area contributed by atoms with Gasteiger partial charge in [0, 0.05) is 35.0 Å². The van der Waals surface area contributed by atoms with Gasteiger partial charge in [0.15, 0.2) is 25.5 Å². The Morgan fingerprint density at radius 1 is 0.519 bits per heavy atom. The Kier molecular flexibility index (Phi) is 11.7. The first-order chi connectivity index (χ1) is 11.4. The summed E-state index contributed by atoms with van der Waals surface area (Å²) in [5.74, 6) is 0. The van der Waals surface area contributed by atoms with Crippen LogP contribution in [0.25, 0.3) is 21.8 Å². The zero-order valence-electron chi connectivity index (χ0n) is 13.9. The number of pyridine rings is 2. The smallest absolute Gasteiger partial charge is 0.212 e. The molecule has 2 heterocycles. The van der Waals surface area contributed by atoms with Gasteiger partial charge < -0.3 is 48.0 Å². The zero-order valence-corrected chi connectivity index (χ0v) is 18.2. The number of para-hydroxylation sites is 2. The maximum Gasteiger partial charge on any atom is 0.212 e. The minimum atomic E-state index is 0. The number of hydrogen-bond donors (Lipinski definition) is 0. The van der Waals surface area contributed by atoms with E-state index in [2.05, 4.69) is 94.3 Å². The van der Waals surface area contributed by atoms with Crippen molar-refractivity contribution < 1.29 is 57.1 Å². The second-order valence-electron chi connectivity index (χ2n) is 5.87. The van der Waals surface area contributed by atoms with Crippen LogP contribution >= 0.6 is 0 Å². The number of halogens is 2. The highest BCUT2D eigenvalue weighted by Crippen LogP contribution is 2.09. The maximum absolute atomic E-state index is 2.35. The lowest BCUT2D eigenvalue weighted by Crippen LogP contribution is -3.00. The van der Waals surface area contributed by atoms with E-state index in [1.54, 1.807) is 0 Å². The average molecular weight is 586 g/mol. The Bertz CT molecular complexity index is 880. The third-order valence-corrected chi connectivity index (χ3v) is 4.37. The van der Waals surface area contributed by atoms with Gasteiger partial charge in [0.1, 0.15) is 0 Å². The molecule has 0 amide bonds. The third-order valence-electron chi connectivity index (χ3n) is 4.37. The van der Waals surface area contributed by atoms with Crippen LogP contribution in [0.2, 0.25) is 0 Å². The molecule has 4 heteroatoms. The molecule has 0 N–H and O–H groups in total. The van der Waals surface area contributed by atoms with Gasteiger partial charge in [0.25, 0.3) is 0 Å². The van der Waals surface area contributed by atoms with Crippen LogP contribution < -0.4 is 57.1 Å². The van der Waals surface area contributed by atoms with Crippen LogP contribution in [0.5, 0.6) is 0 Å². The Morgan fingerprint density at radius 2 is 0.889 bits per heavy atom. The monoisotopic (exact) mass is 586 g/mol. The number of nitrogens with zero attached hydrogens (tertiary/aromatic N) is 2. The quantitative estimate of drug-likeness (QED) is 0.213. The highest BCUT2D eigenvalue weighted by atomic mass is 127. The van der Waals surface area contributed by atoms with Crippen LogP contribution in [0.15, 0.2) is 85.2 Å². The maximum atomic E-state index is 2.35. The van der Waals surface area contributed by atoms with Crippen molar-refractivity contribution in [2.24, 2.45) is 0 Å². The highest BCUT2D eigenvalue weighted by molar-refractivity contribution is 5.75. The molecule has 27 heavy (non-hydrogen) atoms. The van der Waals surface area contributed by atoms with Crippen LogP contribution in [-0.2, 0) is 13.1 Å². The molecule has 0 radical (unpaired) electrons. The molecule has 144 valence electrons. The van der Waals surface area contributed by atoms with Gasteiger partial charge in [-0.25, -0.2) is 0 Å². The van der Waals surface area contributed by atoms with Crippen molar-refractivity contribution in [2.45, 2.75) is 34.4 Å². The van der Waals surface area contributed by atoms with Gasteiger partial charge in [-0.05, 0) is 24.3 Å². The Labute approximate surface area is 197 Å². The predicted octanol–water partition coefficient (Wildman–Crippen LogP) is -1.06. The number of aromatic nitrogens is 2. The summed E-state index contributed by atoms with van der Waals surface area (Å²) in [6.45, 7) is 2.05. The lowest BCUT2D eigenvalue weighted by Gasteiger charge is -2.02. The number of rotatable bonds is 4. The molecule has 0 unspecified atom stereocenters. The normalized spacial score (nSPS) is 9.48. The number of aryl methyl sites for hydroxylation is 2. The highest BCUT2D eigenvalue weighted by Gasteiger charge is 2.11. The number of hydrogen-bond acceptors (Lipinski definition) is 0. The predicted molar refractivity (Wildman–Crippen MR) is 106 cm³/mol. The summed E-state index contributed by atoms with van der Waals surface area (Å²) in [4.78, 5) is 0. The van der Waals surface area contributed by atoms with Gasteiger partial charge in [-0.2, -0.15) is 9.13 Å². The van der Waals surface area contributed by atoms with Crippen molar-refractivity contribution in [3.63, 3.8) is 0 Å². The lowest BCUT2D eigenvalue weighted by molar-refractivity contribution is -0.702. The van der Waals surface area contributed by atoms with Gasteiger partial charge >= 0.3 is 0 Å². The summed E-state index contributed by atoms with van der Waals surface area (Å²) < 4.78 is 4.70. The minimum Gasteiger partial charge on any atom is -1.00 e. The molecule has 0 spiro atoms. The third kappa shape index (κ3) is 5.85. The van der Waals surface area contributed by atoms with Crippen LogP contribution in [0, 0.1) is 0 Å². The van der Waals surface area contributed by atoms with Gasteiger partial charge in [0.05, 0.1) is 6.42 Å². The second kappa shape index (κ2) is 12.2. The van der Waals surface area contributed by atoms with Gasteiger partial charge in [-0.3, -0.25) is 0 Å². The van der Waals surface area contributed by atoms with Crippen molar-refractivity contribution in [2.75, 3.05) is 0 Å². The molecule has 0 aliphatic rings.